The molecule has 1 fully saturated rings. The molecule has 1 aliphatic rings. The summed E-state index contributed by atoms with van der Waals surface area (Å²) < 4.78 is 52.3. The van der Waals surface area contributed by atoms with Crippen LogP contribution < -0.4 is 4.72 Å². The Hall–Kier alpha value is -1.05. The second-order valence-electron chi connectivity index (χ2n) is 5.81. The molecule has 118 valence electrons. The SMILES string of the molecule is CC1CCC(O)(CNS(=O)(=O)c2ccc(F)c(F)c2)CC1. The maximum absolute atomic E-state index is 13.1. The lowest BCUT2D eigenvalue weighted by Gasteiger charge is -2.34. The van der Waals surface area contributed by atoms with Gasteiger partial charge in [0.05, 0.1) is 10.5 Å². The Labute approximate surface area is 123 Å². The minimum Gasteiger partial charge on any atom is -0.389 e. The van der Waals surface area contributed by atoms with Gasteiger partial charge in [0.2, 0.25) is 10.0 Å². The fourth-order valence-corrected chi connectivity index (χ4v) is 3.56. The maximum Gasteiger partial charge on any atom is 0.240 e. The van der Waals surface area contributed by atoms with Gasteiger partial charge in [-0.05, 0) is 49.8 Å². The van der Waals surface area contributed by atoms with Crippen LogP contribution in [-0.2, 0) is 10.0 Å². The predicted molar refractivity (Wildman–Crippen MR) is 74.1 cm³/mol. The van der Waals surface area contributed by atoms with Crippen molar-refractivity contribution in [2.24, 2.45) is 5.92 Å². The van der Waals surface area contributed by atoms with Gasteiger partial charge in [-0.3, -0.25) is 0 Å². The zero-order chi connectivity index (χ0) is 15.7. The highest BCUT2D eigenvalue weighted by molar-refractivity contribution is 7.89. The Morgan fingerprint density at radius 3 is 2.48 bits per heavy atom. The Balaban J connectivity index is 2.06. The summed E-state index contributed by atoms with van der Waals surface area (Å²) in [6, 6.07) is 2.39. The van der Waals surface area contributed by atoms with Crippen LogP contribution in [0.15, 0.2) is 23.1 Å². The molecule has 0 amide bonds. The number of hydrogen-bond acceptors (Lipinski definition) is 3. The molecule has 0 radical (unpaired) electrons. The van der Waals surface area contributed by atoms with Gasteiger partial charge >= 0.3 is 0 Å². The summed E-state index contributed by atoms with van der Waals surface area (Å²) in [7, 11) is -3.97. The first kappa shape index (κ1) is 16.3. The molecule has 0 atom stereocenters. The third-order valence-electron chi connectivity index (χ3n) is 4.00. The molecular weight excluding hydrogens is 300 g/mol. The van der Waals surface area contributed by atoms with E-state index >= 15 is 0 Å². The van der Waals surface area contributed by atoms with Crippen LogP contribution in [0.4, 0.5) is 8.78 Å². The summed E-state index contributed by atoms with van der Waals surface area (Å²) in [5, 5.41) is 10.3. The number of nitrogens with one attached hydrogen (secondary N) is 1. The molecule has 1 aromatic rings. The maximum atomic E-state index is 13.1. The molecule has 2 rings (SSSR count). The molecule has 0 bridgehead atoms. The highest BCUT2D eigenvalue weighted by Gasteiger charge is 2.33. The smallest absolute Gasteiger partial charge is 0.240 e. The zero-order valence-corrected chi connectivity index (χ0v) is 12.6. The van der Waals surface area contributed by atoms with Crippen molar-refractivity contribution in [2.75, 3.05) is 6.54 Å². The van der Waals surface area contributed by atoms with Crippen molar-refractivity contribution in [3.05, 3.63) is 29.8 Å². The molecule has 21 heavy (non-hydrogen) atoms. The Morgan fingerprint density at radius 2 is 1.90 bits per heavy atom. The first-order valence-corrected chi connectivity index (χ1v) is 8.37. The van der Waals surface area contributed by atoms with Gasteiger partial charge in [0.1, 0.15) is 0 Å². The molecule has 1 aliphatic carbocycles. The first-order chi connectivity index (χ1) is 9.72. The standard InChI is InChI=1S/C14H19F2NO3S/c1-10-4-6-14(18,7-5-10)9-17-21(19,20)11-2-3-12(15)13(16)8-11/h2-3,8,10,17-18H,4-7,9H2,1H3. The fraction of sp³-hybridized carbons (Fsp3) is 0.571. The first-order valence-electron chi connectivity index (χ1n) is 6.89. The van der Waals surface area contributed by atoms with Gasteiger partial charge in [-0.2, -0.15) is 0 Å². The molecule has 0 aromatic heterocycles. The average Bonchev–Trinajstić information content (AvgIpc) is 2.43. The van der Waals surface area contributed by atoms with Gasteiger partial charge in [-0.25, -0.2) is 21.9 Å². The third-order valence-corrected chi connectivity index (χ3v) is 5.40. The number of sulfonamides is 1. The van der Waals surface area contributed by atoms with E-state index in [1.165, 1.54) is 0 Å². The molecule has 1 saturated carbocycles. The summed E-state index contributed by atoms with van der Waals surface area (Å²) in [5.74, 6) is -1.80. The number of benzene rings is 1. The van der Waals surface area contributed by atoms with Crippen LogP contribution in [0.5, 0.6) is 0 Å². The summed E-state index contributed by atoms with van der Waals surface area (Å²) in [6.07, 6.45) is 2.72. The largest absolute Gasteiger partial charge is 0.389 e. The third kappa shape index (κ3) is 3.99. The lowest BCUT2D eigenvalue weighted by molar-refractivity contribution is -0.00182. The monoisotopic (exact) mass is 319 g/mol. The zero-order valence-electron chi connectivity index (χ0n) is 11.8. The van der Waals surface area contributed by atoms with E-state index in [1.807, 2.05) is 0 Å². The molecule has 0 heterocycles. The van der Waals surface area contributed by atoms with E-state index in [4.69, 9.17) is 0 Å². The number of hydrogen-bond donors (Lipinski definition) is 2. The fourth-order valence-electron chi connectivity index (χ4n) is 2.43. The van der Waals surface area contributed by atoms with Crippen LogP contribution >= 0.6 is 0 Å². The Morgan fingerprint density at radius 1 is 1.29 bits per heavy atom. The molecule has 0 unspecified atom stereocenters. The molecular formula is C14H19F2NO3S. The molecule has 1 aromatic carbocycles. The van der Waals surface area contributed by atoms with Crippen LogP contribution in [0.2, 0.25) is 0 Å². The van der Waals surface area contributed by atoms with Gasteiger partial charge in [0, 0.05) is 6.54 Å². The van der Waals surface area contributed by atoms with E-state index in [0.717, 1.165) is 25.0 Å². The average molecular weight is 319 g/mol. The molecule has 0 saturated heterocycles. The van der Waals surface area contributed by atoms with Gasteiger partial charge in [-0.1, -0.05) is 6.92 Å². The highest BCUT2D eigenvalue weighted by Crippen LogP contribution is 2.31. The Bertz CT molecular complexity index is 611. The molecule has 0 aliphatic heterocycles. The van der Waals surface area contributed by atoms with E-state index in [9.17, 15) is 22.3 Å². The summed E-state index contributed by atoms with van der Waals surface area (Å²) in [6.45, 7) is 1.96. The number of rotatable bonds is 4. The van der Waals surface area contributed by atoms with Crippen molar-refractivity contribution in [1.29, 1.82) is 0 Å². The van der Waals surface area contributed by atoms with Crippen LogP contribution in [0.25, 0.3) is 0 Å². The highest BCUT2D eigenvalue weighted by atomic mass is 32.2. The molecule has 2 N–H and O–H groups in total. The van der Waals surface area contributed by atoms with E-state index in [2.05, 4.69) is 11.6 Å². The number of aliphatic hydroxyl groups is 1. The second kappa shape index (κ2) is 5.98. The topological polar surface area (TPSA) is 66.4 Å². The van der Waals surface area contributed by atoms with Crippen molar-refractivity contribution in [1.82, 2.24) is 4.72 Å². The van der Waals surface area contributed by atoms with Crippen molar-refractivity contribution in [2.45, 2.75) is 43.1 Å². The van der Waals surface area contributed by atoms with E-state index in [-0.39, 0.29) is 11.4 Å². The van der Waals surface area contributed by atoms with E-state index < -0.39 is 27.3 Å². The lowest BCUT2D eigenvalue weighted by Crippen LogP contribution is -2.45. The minimum absolute atomic E-state index is 0.124. The molecule has 0 spiro atoms. The molecule has 7 heteroatoms. The van der Waals surface area contributed by atoms with Crippen molar-refractivity contribution >= 4 is 10.0 Å². The van der Waals surface area contributed by atoms with Crippen LogP contribution in [0, 0.1) is 17.6 Å². The van der Waals surface area contributed by atoms with Gasteiger partial charge in [-0.15, -0.1) is 0 Å². The summed E-state index contributed by atoms with van der Waals surface area (Å²) in [4.78, 5) is -0.353. The minimum atomic E-state index is -3.97. The number of halogens is 2. The van der Waals surface area contributed by atoms with Crippen LogP contribution in [0.1, 0.15) is 32.6 Å². The van der Waals surface area contributed by atoms with Gasteiger partial charge in [0.15, 0.2) is 11.6 Å². The van der Waals surface area contributed by atoms with Crippen molar-refractivity contribution in [3.8, 4) is 0 Å². The van der Waals surface area contributed by atoms with Crippen molar-refractivity contribution < 1.29 is 22.3 Å². The van der Waals surface area contributed by atoms with E-state index in [1.54, 1.807) is 0 Å². The van der Waals surface area contributed by atoms with Gasteiger partial charge < -0.3 is 5.11 Å². The lowest BCUT2D eigenvalue weighted by atomic mass is 9.80. The summed E-state index contributed by atoms with van der Waals surface area (Å²) >= 11 is 0. The second-order valence-corrected chi connectivity index (χ2v) is 7.57. The Kier molecular flexibility index (Phi) is 4.65. The van der Waals surface area contributed by atoms with Crippen molar-refractivity contribution in [3.63, 3.8) is 0 Å². The van der Waals surface area contributed by atoms with Gasteiger partial charge in [0.25, 0.3) is 0 Å². The van der Waals surface area contributed by atoms with Crippen LogP contribution in [0.3, 0.4) is 0 Å². The predicted octanol–water partition coefficient (Wildman–Crippen LogP) is 2.18. The normalized spacial score (nSPS) is 26.8. The summed E-state index contributed by atoms with van der Waals surface area (Å²) in [5.41, 5.74) is -1.07. The van der Waals surface area contributed by atoms with E-state index in [0.29, 0.717) is 24.8 Å². The quantitative estimate of drug-likeness (QED) is 0.894. The molecule has 4 nitrogen and oxygen atoms in total. The van der Waals surface area contributed by atoms with Crippen LogP contribution in [-0.4, -0.2) is 25.7 Å².